The second kappa shape index (κ2) is 9.58. The molecule has 0 aliphatic carbocycles. The SMILES string of the molecule is CC(C)(C)OC(=O)N(CCCF)[C@H]1CCN(C(=O)OCc2ccccc2)C1. The van der Waals surface area contributed by atoms with Crippen LogP contribution in [-0.2, 0) is 16.1 Å². The van der Waals surface area contributed by atoms with Crippen LogP contribution in [0.1, 0.15) is 39.2 Å². The van der Waals surface area contributed by atoms with E-state index in [0.717, 1.165) is 5.56 Å². The van der Waals surface area contributed by atoms with E-state index in [1.807, 2.05) is 30.3 Å². The van der Waals surface area contributed by atoms with Crippen molar-refractivity contribution < 1.29 is 23.5 Å². The number of carbonyl (C=O) groups excluding carboxylic acids is 2. The number of halogens is 1. The van der Waals surface area contributed by atoms with Gasteiger partial charge in [-0.25, -0.2) is 9.59 Å². The lowest BCUT2D eigenvalue weighted by atomic mass is 10.2. The smallest absolute Gasteiger partial charge is 0.410 e. The average molecular weight is 380 g/mol. The van der Waals surface area contributed by atoms with Crippen LogP contribution < -0.4 is 0 Å². The summed E-state index contributed by atoms with van der Waals surface area (Å²) in [4.78, 5) is 27.9. The molecule has 0 spiro atoms. The molecule has 2 amide bonds. The normalized spacial score (nSPS) is 16.9. The highest BCUT2D eigenvalue weighted by atomic mass is 19.1. The van der Waals surface area contributed by atoms with Gasteiger partial charge in [0.1, 0.15) is 12.2 Å². The molecular formula is C20H29FN2O4. The van der Waals surface area contributed by atoms with Crippen molar-refractivity contribution in [3.63, 3.8) is 0 Å². The molecule has 0 N–H and O–H groups in total. The van der Waals surface area contributed by atoms with Crippen LogP contribution in [0, 0.1) is 0 Å². The maximum absolute atomic E-state index is 12.6. The summed E-state index contributed by atoms with van der Waals surface area (Å²) in [5.41, 5.74) is 0.290. The van der Waals surface area contributed by atoms with Crippen LogP contribution in [0.15, 0.2) is 30.3 Å². The summed E-state index contributed by atoms with van der Waals surface area (Å²) < 4.78 is 23.4. The largest absolute Gasteiger partial charge is 0.445 e. The van der Waals surface area contributed by atoms with E-state index in [2.05, 4.69) is 0 Å². The Bertz CT molecular complexity index is 618. The molecule has 1 aliphatic rings. The summed E-state index contributed by atoms with van der Waals surface area (Å²) in [5.74, 6) is 0. The van der Waals surface area contributed by atoms with Crippen LogP contribution in [0.5, 0.6) is 0 Å². The van der Waals surface area contributed by atoms with Crippen molar-refractivity contribution in [1.29, 1.82) is 0 Å². The van der Waals surface area contributed by atoms with Crippen LogP contribution in [0.25, 0.3) is 0 Å². The van der Waals surface area contributed by atoms with Crippen molar-refractivity contribution in [2.75, 3.05) is 26.3 Å². The average Bonchev–Trinajstić information content (AvgIpc) is 3.09. The molecule has 0 radical (unpaired) electrons. The number of rotatable bonds is 6. The lowest BCUT2D eigenvalue weighted by Gasteiger charge is -2.31. The minimum absolute atomic E-state index is 0.198. The zero-order valence-corrected chi connectivity index (χ0v) is 16.3. The van der Waals surface area contributed by atoms with Crippen molar-refractivity contribution in [3.05, 3.63) is 35.9 Å². The van der Waals surface area contributed by atoms with Gasteiger partial charge in [-0.2, -0.15) is 0 Å². The van der Waals surface area contributed by atoms with E-state index in [0.29, 0.717) is 19.5 Å². The third-order valence-corrected chi connectivity index (χ3v) is 4.23. The van der Waals surface area contributed by atoms with E-state index in [1.54, 1.807) is 25.7 Å². The van der Waals surface area contributed by atoms with Crippen molar-refractivity contribution in [3.8, 4) is 0 Å². The molecule has 0 saturated carbocycles. The molecule has 7 heteroatoms. The first kappa shape index (κ1) is 21.0. The summed E-state index contributed by atoms with van der Waals surface area (Å²) in [6, 6.07) is 9.26. The molecule has 6 nitrogen and oxygen atoms in total. The number of likely N-dealkylation sites (tertiary alicyclic amines) is 1. The van der Waals surface area contributed by atoms with Crippen LogP contribution in [0.3, 0.4) is 0 Å². The number of alkyl halides is 1. The number of hydrogen-bond donors (Lipinski definition) is 0. The molecule has 1 heterocycles. The van der Waals surface area contributed by atoms with Crippen molar-refractivity contribution in [1.82, 2.24) is 9.80 Å². The summed E-state index contributed by atoms with van der Waals surface area (Å²) in [6.45, 7) is 6.20. The maximum Gasteiger partial charge on any atom is 0.410 e. The Balaban J connectivity index is 1.91. The molecule has 1 aromatic carbocycles. The molecule has 150 valence electrons. The highest BCUT2D eigenvalue weighted by molar-refractivity contribution is 5.70. The number of ether oxygens (including phenoxy) is 2. The molecule has 2 rings (SSSR count). The Kier molecular flexibility index (Phi) is 7.45. The molecule has 27 heavy (non-hydrogen) atoms. The number of nitrogens with zero attached hydrogens (tertiary/aromatic N) is 2. The highest BCUT2D eigenvalue weighted by Gasteiger charge is 2.35. The fourth-order valence-corrected chi connectivity index (χ4v) is 2.95. The first-order chi connectivity index (χ1) is 12.8. The highest BCUT2D eigenvalue weighted by Crippen LogP contribution is 2.20. The molecule has 0 unspecified atom stereocenters. The second-order valence-electron chi connectivity index (χ2n) is 7.64. The van der Waals surface area contributed by atoms with Gasteiger partial charge in [0.05, 0.1) is 12.7 Å². The first-order valence-corrected chi connectivity index (χ1v) is 9.31. The van der Waals surface area contributed by atoms with E-state index in [-0.39, 0.29) is 25.6 Å². The molecule has 1 saturated heterocycles. The van der Waals surface area contributed by atoms with Crippen LogP contribution >= 0.6 is 0 Å². The van der Waals surface area contributed by atoms with Gasteiger partial charge < -0.3 is 19.3 Å². The van der Waals surface area contributed by atoms with Gasteiger partial charge in [-0.05, 0) is 39.2 Å². The fraction of sp³-hybridized carbons (Fsp3) is 0.600. The summed E-state index contributed by atoms with van der Waals surface area (Å²) in [6.07, 6.45) is -0.0170. The topological polar surface area (TPSA) is 59.1 Å². The molecule has 0 bridgehead atoms. The molecule has 1 aromatic rings. The van der Waals surface area contributed by atoms with Gasteiger partial charge in [0.25, 0.3) is 0 Å². The monoisotopic (exact) mass is 380 g/mol. The van der Waals surface area contributed by atoms with E-state index in [1.165, 1.54) is 4.90 Å². The number of amides is 2. The molecule has 0 aromatic heterocycles. The van der Waals surface area contributed by atoms with Gasteiger partial charge in [0, 0.05) is 19.6 Å². The van der Waals surface area contributed by atoms with Gasteiger partial charge in [0.2, 0.25) is 0 Å². The molecule has 1 aliphatic heterocycles. The van der Waals surface area contributed by atoms with E-state index >= 15 is 0 Å². The van der Waals surface area contributed by atoms with Gasteiger partial charge in [0.15, 0.2) is 0 Å². The van der Waals surface area contributed by atoms with Crippen molar-refractivity contribution in [2.45, 2.75) is 51.9 Å². The van der Waals surface area contributed by atoms with Crippen molar-refractivity contribution in [2.24, 2.45) is 0 Å². The molecular weight excluding hydrogens is 351 g/mol. The van der Waals surface area contributed by atoms with E-state index in [9.17, 15) is 14.0 Å². The number of hydrogen-bond acceptors (Lipinski definition) is 4. The Morgan fingerprint density at radius 2 is 1.96 bits per heavy atom. The summed E-state index contributed by atoms with van der Waals surface area (Å²) in [5, 5.41) is 0. The van der Waals surface area contributed by atoms with Gasteiger partial charge in [-0.3, -0.25) is 4.39 Å². The molecule has 1 fully saturated rings. The lowest BCUT2D eigenvalue weighted by molar-refractivity contribution is 0.0159. The first-order valence-electron chi connectivity index (χ1n) is 9.31. The Labute approximate surface area is 160 Å². The number of carbonyl (C=O) groups is 2. The zero-order chi connectivity index (χ0) is 19.9. The van der Waals surface area contributed by atoms with Crippen LogP contribution in [-0.4, -0.2) is 59.9 Å². The predicted molar refractivity (Wildman–Crippen MR) is 100 cm³/mol. The van der Waals surface area contributed by atoms with Gasteiger partial charge in [-0.1, -0.05) is 30.3 Å². The van der Waals surface area contributed by atoms with Crippen LogP contribution in [0.2, 0.25) is 0 Å². The quantitative estimate of drug-likeness (QED) is 0.749. The van der Waals surface area contributed by atoms with Crippen LogP contribution in [0.4, 0.5) is 14.0 Å². The molecule has 1 atom stereocenters. The van der Waals surface area contributed by atoms with E-state index < -0.39 is 24.5 Å². The van der Waals surface area contributed by atoms with Crippen molar-refractivity contribution >= 4 is 12.2 Å². The Hall–Kier alpha value is -2.31. The Morgan fingerprint density at radius 3 is 2.59 bits per heavy atom. The predicted octanol–water partition coefficient (Wildman–Crippen LogP) is 3.99. The van der Waals surface area contributed by atoms with E-state index in [4.69, 9.17) is 9.47 Å². The summed E-state index contributed by atoms with van der Waals surface area (Å²) >= 11 is 0. The lowest BCUT2D eigenvalue weighted by Crippen LogP contribution is -2.45. The third kappa shape index (κ3) is 6.73. The zero-order valence-electron chi connectivity index (χ0n) is 16.3. The standard InChI is InChI=1S/C20H29FN2O4/c1-20(2,3)27-19(25)23(12-7-11-21)17-10-13-22(14-17)18(24)26-15-16-8-5-4-6-9-16/h4-6,8-9,17H,7,10-15H2,1-3H3/t17-/m0/s1. The number of benzene rings is 1. The minimum Gasteiger partial charge on any atom is -0.445 e. The maximum atomic E-state index is 12.6. The fourth-order valence-electron chi connectivity index (χ4n) is 2.95. The van der Waals surface area contributed by atoms with Gasteiger partial charge in [-0.15, -0.1) is 0 Å². The summed E-state index contributed by atoms with van der Waals surface area (Å²) in [7, 11) is 0. The minimum atomic E-state index is -0.627. The van der Waals surface area contributed by atoms with Gasteiger partial charge >= 0.3 is 12.2 Å². The Morgan fingerprint density at radius 1 is 1.26 bits per heavy atom. The second-order valence-corrected chi connectivity index (χ2v) is 7.64. The third-order valence-electron chi connectivity index (χ3n) is 4.23.